The molecule has 1 aromatic carbocycles. The summed E-state index contributed by atoms with van der Waals surface area (Å²) in [5.41, 5.74) is 0.579. The molecule has 1 saturated heterocycles. The minimum absolute atomic E-state index is 0.216. The van der Waals surface area contributed by atoms with E-state index in [1.807, 2.05) is 6.92 Å². The second-order valence-electron chi connectivity index (χ2n) is 3.97. The van der Waals surface area contributed by atoms with Crippen LogP contribution in [-0.4, -0.2) is 18.4 Å². The third-order valence-corrected chi connectivity index (χ3v) is 3.20. The number of nitrogens with zero attached hydrogens (tertiary/aromatic N) is 1. The largest absolute Gasteiger partial charge is 0.340 e. The topological polar surface area (TPSA) is 53.5 Å². The minimum Gasteiger partial charge on any atom is -0.340 e. The maximum absolute atomic E-state index is 13.4. The third-order valence-electron chi connectivity index (χ3n) is 2.56. The van der Waals surface area contributed by atoms with Crippen molar-refractivity contribution < 1.29 is 9.18 Å². The summed E-state index contributed by atoms with van der Waals surface area (Å²) in [6.07, 6.45) is 0.901. The molecular weight excluding hydrogens is 301 g/mol. The molecule has 0 spiro atoms. The number of hydrogen-bond acceptors (Lipinski definition) is 2. The first kappa shape index (κ1) is 13.0. The SMILES string of the molecule is CCCN=C1NC(=O)C(c2ccc(Br)c(F)c2)N1. The molecule has 0 bridgehead atoms. The van der Waals surface area contributed by atoms with Crippen LogP contribution in [-0.2, 0) is 4.79 Å². The number of guanidine groups is 1. The number of carbonyl (C=O) groups excluding carboxylic acids is 1. The van der Waals surface area contributed by atoms with E-state index in [9.17, 15) is 9.18 Å². The summed E-state index contributed by atoms with van der Waals surface area (Å²) in [7, 11) is 0. The number of carbonyl (C=O) groups is 1. The molecule has 1 aromatic rings. The van der Waals surface area contributed by atoms with E-state index in [4.69, 9.17) is 0 Å². The van der Waals surface area contributed by atoms with Gasteiger partial charge < -0.3 is 5.32 Å². The summed E-state index contributed by atoms with van der Waals surface area (Å²) >= 11 is 3.08. The van der Waals surface area contributed by atoms with E-state index >= 15 is 0 Å². The highest BCUT2D eigenvalue weighted by Crippen LogP contribution is 2.22. The fourth-order valence-corrected chi connectivity index (χ4v) is 1.91. The number of benzene rings is 1. The third kappa shape index (κ3) is 2.69. The molecule has 1 atom stereocenters. The Balaban J connectivity index is 2.19. The Kier molecular flexibility index (Phi) is 3.96. The highest BCUT2D eigenvalue weighted by atomic mass is 79.9. The molecule has 1 aliphatic heterocycles. The molecule has 2 N–H and O–H groups in total. The monoisotopic (exact) mass is 313 g/mol. The van der Waals surface area contributed by atoms with Gasteiger partial charge in [0.05, 0.1) is 4.47 Å². The highest BCUT2D eigenvalue weighted by molar-refractivity contribution is 9.10. The lowest BCUT2D eigenvalue weighted by molar-refractivity contribution is -0.120. The van der Waals surface area contributed by atoms with Crippen LogP contribution in [0.3, 0.4) is 0 Å². The molecule has 0 aliphatic carbocycles. The van der Waals surface area contributed by atoms with Gasteiger partial charge in [-0.1, -0.05) is 13.0 Å². The van der Waals surface area contributed by atoms with E-state index in [1.54, 1.807) is 12.1 Å². The summed E-state index contributed by atoms with van der Waals surface area (Å²) in [6, 6.07) is 4.04. The lowest BCUT2D eigenvalue weighted by Gasteiger charge is -2.08. The fourth-order valence-electron chi connectivity index (χ4n) is 1.66. The van der Waals surface area contributed by atoms with Gasteiger partial charge in [0, 0.05) is 6.54 Å². The van der Waals surface area contributed by atoms with Gasteiger partial charge in [-0.3, -0.25) is 15.1 Å². The van der Waals surface area contributed by atoms with Gasteiger partial charge in [-0.25, -0.2) is 4.39 Å². The van der Waals surface area contributed by atoms with Crippen molar-refractivity contribution in [2.45, 2.75) is 19.4 Å². The first-order chi connectivity index (χ1) is 8.61. The second kappa shape index (κ2) is 5.48. The van der Waals surface area contributed by atoms with Crippen LogP contribution in [0.25, 0.3) is 0 Å². The molecular formula is C12H13BrFN3O. The zero-order valence-electron chi connectivity index (χ0n) is 9.84. The van der Waals surface area contributed by atoms with Crippen LogP contribution in [0.4, 0.5) is 4.39 Å². The van der Waals surface area contributed by atoms with E-state index in [1.165, 1.54) is 6.07 Å². The molecule has 1 amide bonds. The van der Waals surface area contributed by atoms with Gasteiger partial charge in [-0.05, 0) is 40.0 Å². The number of hydrogen-bond donors (Lipinski definition) is 2. The van der Waals surface area contributed by atoms with Gasteiger partial charge in [-0.2, -0.15) is 0 Å². The molecule has 0 radical (unpaired) electrons. The molecule has 96 valence electrons. The molecule has 6 heteroatoms. The minimum atomic E-state index is -0.580. The van der Waals surface area contributed by atoms with Crippen molar-refractivity contribution in [3.05, 3.63) is 34.1 Å². The van der Waals surface area contributed by atoms with E-state index in [-0.39, 0.29) is 11.7 Å². The average molecular weight is 314 g/mol. The smallest absolute Gasteiger partial charge is 0.253 e. The standard InChI is InChI=1S/C12H13BrFN3O/c1-2-5-15-12-16-10(11(18)17-12)7-3-4-8(13)9(14)6-7/h3-4,6,10H,2,5H2,1H3,(H2,15,16,17,18). The lowest BCUT2D eigenvalue weighted by atomic mass is 10.1. The van der Waals surface area contributed by atoms with Crippen LogP contribution in [0.15, 0.2) is 27.7 Å². The van der Waals surface area contributed by atoms with Crippen LogP contribution in [0.1, 0.15) is 24.9 Å². The van der Waals surface area contributed by atoms with Crippen LogP contribution in [0, 0.1) is 5.82 Å². The van der Waals surface area contributed by atoms with Crippen LogP contribution in [0.5, 0.6) is 0 Å². The Hall–Kier alpha value is -1.43. The molecule has 0 aromatic heterocycles. The number of nitrogens with one attached hydrogen (secondary N) is 2. The van der Waals surface area contributed by atoms with Gasteiger partial charge in [0.1, 0.15) is 11.9 Å². The Bertz CT molecular complexity index is 504. The number of rotatable bonds is 3. The molecule has 1 unspecified atom stereocenters. The summed E-state index contributed by atoms with van der Waals surface area (Å²) in [6.45, 7) is 2.65. The van der Waals surface area contributed by atoms with Crippen molar-refractivity contribution in [1.29, 1.82) is 0 Å². The van der Waals surface area contributed by atoms with Gasteiger partial charge in [0.25, 0.3) is 5.91 Å². The summed E-state index contributed by atoms with van der Waals surface area (Å²) < 4.78 is 13.8. The predicted octanol–water partition coefficient (Wildman–Crippen LogP) is 2.11. The molecule has 1 aliphatic rings. The van der Waals surface area contributed by atoms with Gasteiger partial charge in [0.2, 0.25) is 0 Å². The fraction of sp³-hybridized carbons (Fsp3) is 0.333. The number of amides is 1. The Morgan fingerprint density at radius 1 is 1.50 bits per heavy atom. The Morgan fingerprint density at radius 3 is 2.94 bits per heavy atom. The normalized spacial score (nSPS) is 20.9. The summed E-state index contributed by atoms with van der Waals surface area (Å²) in [5.74, 6) is -0.150. The van der Waals surface area contributed by atoms with Crippen LogP contribution >= 0.6 is 15.9 Å². The van der Waals surface area contributed by atoms with Gasteiger partial charge in [-0.15, -0.1) is 0 Å². The van der Waals surface area contributed by atoms with Gasteiger partial charge in [0.15, 0.2) is 5.96 Å². The van der Waals surface area contributed by atoms with Crippen LogP contribution in [0.2, 0.25) is 0 Å². The maximum Gasteiger partial charge on any atom is 0.253 e. The van der Waals surface area contributed by atoms with E-state index in [2.05, 4.69) is 31.6 Å². The first-order valence-electron chi connectivity index (χ1n) is 5.68. The molecule has 0 saturated carbocycles. The second-order valence-corrected chi connectivity index (χ2v) is 4.82. The summed E-state index contributed by atoms with van der Waals surface area (Å²) in [5, 5.41) is 5.58. The molecule has 4 nitrogen and oxygen atoms in total. The van der Waals surface area contributed by atoms with Crippen molar-refractivity contribution in [3.63, 3.8) is 0 Å². The quantitative estimate of drug-likeness (QED) is 0.898. The predicted molar refractivity (Wildman–Crippen MR) is 70.7 cm³/mol. The lowest BCUT2D eigenvalue weighted by Crippen LogP contribution is -2.25. The highest BCUT2D eigenvalue weighted by Gasteiger charge is 2.29. The summed E-state index contributed by atoms with van der Waals surface area (Å²) in [4.78, 5) is 15.9. The Morgan fingerprint density at radius 2 is 2.28 bits per heavy atom. The van der Waals surface area contributed by atoms with E-state index < -0.39 is 6.04 Å². The van der Waals surface area contributed by atoms with Crippen molar-refractivity contribution in [2.75, 3.05) is 6.54 Å². The molecule has 1 heterocycles. The average Bonchev–Trinajstić information content (AvgIpc) is 2.71. The van der Waals surface area contributed by atoms with Gasteiger partial charge >= 0.3 is 0 Å². The maximum atomic E-state index is 13.4. The zero-order chi connectivity index (χ0) is 13.1. The first-order valence-corrected chi connectivity index (χ1v) is 6.48. The van der Waals surface area contributed by atoms with Crippen molar-refractivity contribution >= 4 is 27.8 Å². The van der Waals surface area contributed by atoms with Crippen molar-refractivity contribution in [1.82, 2.24) is 10.6 Å². The molecule has 18 heavy (non-hydrogen) atoms. The van der Waals surface area contributed by atoms with E-state index in [0.29, 0.717) is 22.5 Å². The number of halogens is 2. The molecule has 2 rings (SSSR count). The molecule has 1 fully saturated rings. The zero-order valence-corrected chi connectivity index (χ0v) is 11.4. The van der Waals surface area contributed by atoms with Crippen molar-refractivity contribution in [3.8, 4) is 0 Å². The van der Waals surface area contributed by atoms with E-state index in [0.717, 1.165) is 6.42 Å². The number of aliphatic imine (C=N–C) groups is 1. The van der Waals surface area contributed by atoms with Crippen molar-refractivity contribution in [2.24, 2.45) is 4.99 Å². The van der Waals surface area contributed by atoms with Crippen LogP contribution < -0.4 is 10.6 Å². The Labute approximate surface area is 113 Å².